The molecule has 0 fully saturated rings. The Morgan fingerprint density at radius 3 is 2.67 bits per heavy atom. The Labute approximate surface area is 158 Å². The number of fused-ring (bicyclic) bond motifs is 1. The molecule has 0 spiro atoms. The Bertz CT molecular complexity index is 962. The second kappa shape index (κ2) is 8.49. The summed E-state index contributed by atoms with van der Waals surface area (Å²) in [4.78, 5) is 28.5. The van der Waals surface area contributed by atoms with E-state index >= 15 is 0 Å². The third-order valence-corrected chi connectivity index (χ3v) is 4.42. The van der Waals surface area contributed by atoms with Crippen molar-refractivity contribution in [1.29, 1.82) is 0 Å². The predicted molar refractivity (Wildman–Crippen MR) is 106 cm³/mol. The molecule has 2 amide bonds. The maximum absolute atomic E-state index is 12.0. The van der Waals surface area contributed by atoms with E-state index in [1.54, 1.807) is 12.1 Å². The minimum absolute atomic E-state index is 0.0280. The summed E-state index contributed by atoms with van der Waals surface area (Å²) in [7, 11) is 0. The molecule has 0 atom stereocenters. The number of amides is 2. The van der Waals surface area contributed by atoms with Gasteiger partial charge in [-0.25, -0.2) is 4.98 Å². The molecule has 1 aromatic heterocycles. The molecule has 27 heavy (non-hydrogen) atoms. The van der Waals surface area contributed by atoms with Crippen molar-refractivity contribution in [2.24, 2.45) is 0 Å². The summed E-state index contributed by atoms with van der Waals surface area (Å²) >= 11 is 0. The number of hydrogen-bond acceptors (Lipinski definition) is 3. The van der Waals surface area contributed by atoms with Crippen molar-refractivity contribution in [1.82, 2.24) is 20.2 Å². The molecule has 1 heterocycles. The molecule has 6 heteroatoms. The maximum Gasteiger partial charge on any atom is 0.251 e. The Kier molecular flexibility index (Phi) is 5.86. The minimum atomic E-state index is -0.241. The number of carbonyl (C=O) groups excluding carboxylic acids is 2. The van der Waals surface area contributed by atoms with Gasteiger partial charge in [-0.3, -0.25) is 9.59 Å². The smallest absolute Gasteiger partial charge is 0.251 e. The van der Waals surface area contributed by atoms with E-state index in [0.717, 1.165) is 35.4 Å². The van der Waals surface area contributed by atoms with E-state index in [9.17, 15) is 9.59 Å². The van der Waals surface area contributed by atoms with Gasteiger partial charge in [0.1, 0.15) is 5.82 Å². The second-order valence-corrected chi connectivity index (χ2v) is 6.56. The van der Waals surface area contributed by atoms with Gasteiger partial charge in [-0.1, -0.05) is 29.8 Å². The lowest BCUT2D eigenvalue weighted by atomic mass is 10.1. The van der Waals surface area contributed by atoms with Gasteiger partial charge in [0, 0.05) is 18.7 Å². The van der Waals surface area contributed by atoms with E-state index in [0.29, 0.717) is 12.1 Å². The molecule has 0 radical (unpaired) electrons. The van der Waals surface area contributed by atoms with Crippen LogP contribution in [0.2, 0.25) is 0 Å². The quantitative estimate of drug-likeness (QED) is 0.633. The molecule has 3 aromatic rings. The summed E-state index contributed by atoms with van der Waals surface area (Å²) in [5.41, 5.74) is 3.66. The minimum Gasteiger partial charge on any atom is -0.355 e. The Balaban J connectivity index is 1.42. The number of para-hydroxylation sites is 2. The first-order valence-corrected chi connectivity index (χ1v) is 9.08. The molecule has 3 rings (SSSR count). The zero-order chi connectivity index (χ0) is 19.2. The first-order valence-electron chi connectivity index (χ1n) is 9.08. The van der Waals surface area contributed by atoms with E-state index in [1.807, 2.05) is 44.2 Å². The number of benzene rings is 2. The number of aryl methyl sites for hydroxylation is 3. The lowest BCUT2D eigenvalue weighted by molar-refractivity contribution is -0.120. The molecule has 0 saturated carbocycles. The predicted octanol–water partition coefficient (Wildman–Crippen LogP) is 2.59. The summed E-state index contributed by atoms with van der Waals surface area (Å²) < 4.78 is 2.15. The summed E-state index contributed by atoms with van der Waals surface area (Å²) in [6.45, 7) is 5.21. The summed E-state index contributed by atoms with van der Waals surface area (Å²) in [6.07, 6.45) is 0.790. The maximum atomic E-state index is 12.0. The van der Waals surface area contributed by atoms with E-state index in [2.05, 4.69) is 26.3 Å². The van der Waals surface area contributed by atoms with Gasteiger partial charge in [-0.2, -0.15) is 0 Å². The number of rotatable bonds is 7. The average molecular weight is 364 g/mol. The fraction of sp³-hybridized carbons (Fsp3) is 0.286. The van der Waals surface area contributed by atoms with Crippen LogP contribution in [0.4, 0.5) is 0 Å². The number of hydrogen-bond donors (Lipinski definition) is 2. The fourth-order valence-corrected chi connectivity index (χ4v) is 3.05. The highest BCUT2D eigenvalue weighted by Crippen LogP contribution is 2.15. The van der Waals surface area contributed by atoms with Crippen molar-refractivity contribution in [3.63, 3.8) is 0 Å². The third kappa shape index (κ3) is 4.73. The van der Waals surface area contributed by atoms with Crippen LogP contribution in [-0.4, -0.2) is 34.5 Å². The van der Waals surface area contributed by atoms with Crippen LogP contribution >= 0.6 is 0 Å². The van der Waals surface area contributed by atoms with Crippen molar-refractivity contribution in [2.45, 2.75) is 26.8 Å². The number of imidazole rings is 1. The molecule has 6 nitrogen and oxygen atoms in total. The van der Waals surface area contributed by atoms with E-state index in [4.69, 9.17) is 0 Å². The first kappa shape index (κ1) is 18.6. The van der Waals surface area contributed by atoms with E-state index in [-0.39, 0.29) is 18.4 Å². The molecule has 2 N–H and O–H groups in total. The van der Waals surface area contributed by atoms with Gasteiger partial charge in [0.25, 0.3) is 5.91 Å². The number of carbonyl (C=O) groups is 2. The SMILES string of the molecule is Cc1cccc(C(=O)NCC(=O)NCCCn2c(C)nc3ccccc32)c1. The normalized spacial score (nSPS) is 10.7. The molecule has 0 saturated heterocycles. The number of nitrogens with one attached hydrogen (secondary N) is 2. The lowest BCUT2D eigenvalue weighted by Crippen LogP contribution is -2.37. The Hall–Kier alpha value is -3.15. The molecule has 0 bridgehead atoms. The van der Waals surface area contributed by atoms with E-state index < -0.39 is 0 Å². The second-order valence-electron chi connectivity index (χ2n) is 6.56. The van der Waals surface area contributed by atoms with Crippen LogP contribution in [0.25, 0.3) is 11.0 Å². The highest BCUT2D eigenvalue weighted by Gasteiger charge is 2.09. The van der Waals surface area contributed by atoms with Gasteiger partial charge in [-0.15, -0.1) is 0 Å². The van der Waals surface area contributed by atoms with Crippen molar-refractivity contribution in [2.75, 3.05) is 13.1 Å². The van der Waals surface area contributed by atoms with Crippen LogP contribution in [0.1, 0.15) is 28.2 Å². The fourth-order valence-electron chi connectivity index (χ4n) is 3.05. The Morgan fingerprint density at radius 2 is 1.85 bits per heavy atom. The third-order valence-electron chi connectivity index (χ3n) is 4.42. The zero-order valence-corrected chi connectivity index (χ0v) is 15.7. The van der Waals surface area contributed by atoms with Gasteiger partial charge in [0.2, 0.25) is 5.91 Å². The average Bonchev–Trinajstić information content (AvgIpc) is 2.98. The largest absolute Gasteiger partial charge is 0.355 e. The van der Waals surface area contributed by atoms with Crippen molar-refractivity contribution < 1.29 is 9.59 Å². The number of aromatic nitrogens is 2. The van der Waals surface area contributed by atoms with Gasteiger partial charge >= 0.3 is 0 Å². The van der Waals surface area contributed by atoms with Crippen molar-refractivity contribution in [3.8, 4) is 0 Å². The summed E-state index contributed by atoms with van der Waals surface area (Å²) in [5, 5.41) is 5.49. The highest BCUT2D eigenvalue weighted by atomic mass is 16.2. The van der Waals surface area contributed by atoms with Crippen LogP contribution in [0.15, 0.2) is 48.5 Å². The van der Waals surface area contributed by atoms with Crippen LogP contribution in [0, 0.1) is 13.8 Å². The zero-order valence-electron chi connectivity index (χ0n) is 15.7. The van der Waals surface area contributed by atoms with E-state index in [1.165, 1.54) is 0 Å². The van der Waals surface area contributed by atoms with Crippen LogP contribution < -0.4 is 10.6 Å². The van der Waals surface area contributed by atoms with Gasteiger partial charge in [0.05, 0.1) is 17.6 Å². The van der Waals surface area contributed by atoms with Gasteiger partial charge < -0.3 is 15.2 Å². The van der Waals surface area contributed by atoms with Gasteiger partial charge in [-0.05, 0) is 44.5 Å². The topological polar surface area (TPSA) is 76.0 Å². The van der Waals surface area contributed by atoms with Crippen molar-refractivity contribution in [3.05, 3.63) is 65.5 Å². The molecule has 0 unspecified atom stereocenters. The molecule has 2 aromatic carbocycles. The van der Waals surface area contributed by atoms with Gasteiger partial charge in [0.15, 0.2) is 0 Å². The Morgan fingerprint density at radius 1 is 1.04 bits per heavy atom. The lowest BCUT2D eigenvalue weighted by Gasteiger charge is -2.09. The molecule has 0 aliphatic rings. The van der Waals surface area contributed by atoms with Crippen molar-refractivity contribution >= 4 is 22.8 Å². The highest BCUT2D eigenvalue weighted by molar-refractivity contribution is 5.96. The molecule has 0 aliphatic carbocycles. The van der Waals surface area contributed by atoms with Crippen LogP contribution in [0.3, 0.4) is 0 Å². The molecular weight excluding hydrogens is 340 g/mol. The van der Waals surface area contributed by atoms with Crippen LogP contribution in [0.5, 0.6) is 0 Å². The first-order chi connectivity index (χ1) is 13.0. The molecule has 0 aliphatic heterocycles. The summed E-state index contributed by atoms with van der Waals surface area (Å²) in [6, 6.07) is 15.3. The molecular formula is C21H24N4O2. The number of nitrogens with zero attached hydrogens (tertiary/aromatic N) is 2. The molecule has 140 valence electrons. The summed E-state index contributed by atoms with van der Waals surface area (Å²) in [5.74, 6) is 0.533. The standard InChI is InChI=1S/C21H24N4O2/c1-15-7-5-8-17(13-15)21(27)23-14-20(26)22-11-6-12-25-16(2)24-18-9-3-4-10-19(18)25/h3-5,7-10,13H,6,11-12,14H2,1-2H3,(H,22,26)(H,23,27). The van der Waals surface area contributed by atoms with Crippen LogP contribution in [-0.2, 0) is 11.3 Å². The monoisotopic (exact) mass is 364 g/mol.